The van der Waals surface area contributed by atoms with Gasteiger partial charge in [-0.2, -0.15) is 0 Å². The van der Waals surface area contributed by atoms with Crippen LogP contribution >= 0.6 is 7.82 Å². The first-order valence-corrected chi connectivity index (χ1v) is 19.0. The highest BCUT2D eigenvalue weighted by Gasteiger charge is 2.24. The van der Waals surface area contributed by atoms with E-state index in [1.807, 2.05) is 0 Å². The average molecular weight is 667 g/mol. The Kier molecular flexibility index (Phi) is 31.1. The van der Waals surface area contributed by atoms with Crippen molar-refractivity contribution in [3.05, 3.63) is 60.8 Å². The van der Waals surface area contributed by atoms with Gasteiger partial charge in [-0.15, -0.1) is 0 Å². The van der Waals surface area contributed by atoms with Crippen LogP contribution in [-0.2, 0) is 32.7 Å². The monoisotopic (exact) mass is 666 g/mol. The van der Waals surface area contributed by atoms with E-state index in [4.69, 9.17) is 14.0 Å². The number of ether oxygens (including phenoxy) is 2. The quantitative estimate of drug-likeness (QED) is 0.0337. The number of phosphoric acid groups is 1. The van der Waals surface area contributed by atoms with Crippen LogP contribution in [0.4, 0.5) is 0 Å². The molecule has 0 spiro atoms. The third kappa shape index (κ3) is 31.7. The first kappa shape index (κ1) is 43.8. The second kappa shape index (κ2) is 32.7. The molecule has 8 nitrogen and oxygen atoms in total. The van der Waals surface area contributed by atoms with Crippen molar-refractivity contribution >= 4 is 19.8 Å². The van der Waals surface area contributed by atoms with Gasteiger partial charge in [-0.3, -0.25) is 18.6 Å². The third-order valence-corrected chi connectivity index (χ3v) is 7.91. The van der Waals surface area contributed by atoms with Crippen molar-refractivity contribution in [2.45, 2.75) is 142 Å². The summed E-state index contributed by atoms with van der Waals surface area (Å²) in [4.78, 5) is 34.2. The predicted molar refractivity (Wildman–Crippen MR) is 188 cm³/mol. The summed E-state index contributed by atoms with van der Waals surface area (Å²) < 4.78 is 31.7. The molecule has 0 bridgehead atoms. The molecule has 264 valence electrons. The molecule has 0 aliphatic carbocycles. The summed E-state index contributed by atoms with van der Waals surface area (Å²) >= 11 is 0. The molecule has 0 radical (unpaired) electrons. The maximum Gasteiger partial charge on any atom is 0.472 e. The van der Waals surface area contributed by atoms with Gasteiger partial charge in [-0.1, -0.05) is 113 Å². The van der Waals surface area contributed by atoms with Gasteiger partial charge in [0.15, 0.2) is 6.10 Å². The lowest BCUT2D eigenvalue weighted by Gasteiger charge is -2.19. The van der Waals surface area contributed by atoms with Crippen LogP contribution in [-0.4, -0.2) is 43.3 Å². The second-order valence-corrected chi connectivity index (χ2v) is 12.8. The molecule has 0 amide bonds. The van der Waals surface area contributed by atoms with Crippen molar-refractivity contribution in [2.24, 2.45) is 0 Å². The number of allylic oxidation sites excluding steroid dienone is 10. The SMILES string of the molecule is CC/C=C\C/C=C\C/C=C\C/C=C\CCCCCCC(=O)OC(COC(=O)CCCCCCC/C=C\CCC)COP(=O)(O)OC. The zero-order valence-corrected chi connectivity index (χ0v) is 29.8. The molecule has 0 aromatic carbocycles. The molecule has 0 aliphatic rings. The largest absolute Gasteiger partial charge is 0.472 e. The molecule has 0 saturated carbocycles. The molecule has 0 fully saturated rings. The van der Waals surface area contributed by atoms with Gasteiger partial charge in [-0.05, 0) is 70.6 Å². The molecule has 0 aromatic heterocycles. The van der Waals surface area contributed by atoms with E-state index in [1.54, 1.807) is 0 Å². The van der Waals surface area contributed by atoms with Crippen LogP contribution in [0.1, 0.15) is 136 Å². The Bertz CT molecular complexity index is 938. The first-order chi connectivity index (χ1) is 22.3. The van der Waals surface area contributed by atoms with Gasteiger partial charge in [0, 0.05) is 20.0 Å². The van der Waals surface area contributed by atoms with Crippen LogP contribution in [0.2, 0.25) is 0 Å². The smallest absolute Gasteiger partial charge is 0.462 e. The standard InChI is InChI=1S/C37H63O8P/c1-4-6-8-10-12-14-16-17-18-19-20-21-22-24-26-28-30-32-37(39)45-35(34-44-46(40,41)42-3)33-43-36(38)31-29-27-25-23-15-13-11-9-7-5-2/h6,8-9,11-12,14,17-18,20-21,35H,4-5,7,10,13,15-16,19,22-34H2,1-3H3,(H,40,41)/b8-6-,11-9-,14-12-,18-17-,21-20-. The van der Waals surface area contributed by atoms with E-state index in [2.05, 4.69) is 79.1 Å². The number of phosphoric ester groups is 1. The summed E-state index contributed by atoms with van der Waals surface area (Å²) in [7, 11) is -3.22. The van der Waals surface area contributed by atoms with Crippen molar-refractivity contribution in [3.8, 4) is 0 Å². The minimum Gasteiger partial charge on any atom is -0.462 e. The summed E-state index contributed by atoms with van der Waals surface area (Å²) in [6.07, 6.45) is 38.5. The third-order valence-electron chi connectivity index (χ3n) is 6.98. The lowest BCUT2D eigenvalue weighted by Crippen LogP contribution is -2.29. The van der Waals surface area contributed by atoms with Crippen molar-refractivity contribution in [1.29, 1.82) is 0 Å². The van der Waals surface area contributed by atoms with Crippen LogP contribution in [0.5, 0.6) is 0 Å². The number of hydrogen-bond acceptors (Lipinski definition) is 7. The van der Waals surface area contributed by atoms with Crippen LogP contribution in [0, 0.1) is 0 Å². The minimum atomic E-state index is -4.26. The molecule has 2 unspecified atom stereocenters. The zero-order valence-electron chi connectivity index (χ0n) is 29.0. The van der Waals surface area contributed by atoms with Crippen molar-refractivity contribution < 1.29 is 37.6 Å². The Morgan fingerprint density at radius 3 is 1.67 bits per heavy atom. The van der Waals surface area contributed by atoms with E-state index in [0.717, 1.165) is 103 Å². The van der Waals surface area contributed by atoms with Crippen LogP contribution in [0.15, 0.2) is 60.8 Å². The molecule has 46 heavy (non-hydrogen) atoms. The Hall–Kier alpha value is -2.25. The maximum absolute atomic E-state index is 12.4. The summed E-state index contributed by atoms with van der Waals surface area (Å²) in [5.74, 6) is -0.853. The molecule has 0 saturated heterocycles. The highest BCUT2D eigenvalue weighted by atomic mass is 31.2. The van der Waals surface area contributed by atoms with Gasteiger partial charge in [0.05, 0.1) is 6.61 Å². The van der Waals surface area contributed by atoms with Gasteiger partial charge in [0.25, 0.3) is 0 Å². The first-order valence-electron chi connectivity index (χ1n) is 17.5. The number of hydrogen-bond donors (Lipinski definition) is 1. The van der Waals surface area contributed by atoms with Crippen molar-refractivity contribution in [3.63, 3.8) is 0 Å². The molecule has 0 rings (SSSR count). The maximum atomic E-state index is 12.4. The highest BCUT2D eigenvalue weighted by molar-refractivity contribution is 7.47. The molecular weight excluding hydrogens is 603 g/mol. The van der Waals surface area contributed by atoms with Gasteiger partial charge in [0.1, 0.15) is 6.61 Å². The molecule has 0 heterocycles. The van der Waals surface area contributed by atoms with Crippen molar-refractivity contribution in [1.82, 2.24) is 0 Å². The fraction of sp³-hybridized carbons (Fsp3) is 0.676. The molecule has 1 N–H and O–H groups in total. The number of carbonyl (C=O) groups is 2. The van der Waals surface area contributed by atoms with Gasteiger partial charge in [-0.25, -0.2) is 4.57 Å². The minimum absolute atomic E-state index is 0.212. The number of carbonyl (C=O) groups excluding carboxylic acids is 2. The summed E-state index contributed by atoms with van der Waals surface area (Å²) in [5.41, 5.74) is 0. The van der Waals surface area contributed by atoms with E-state index < -0.39 is 32.5 Å². The number of rotatable bonds is 31. The molecule has 2 atom stereocenters. The van der Waals surface area contributed by atoms with Crippen LogP contribution in [0.25, 0.3) is 0 Å². The number of esters is 2. The van der Waals surface area contributed by atoms with Gasteiger partial charge < -0.3 is 14.4 Å². The second-order valence-electron chi connectivity index (χ2n) is 11.3. The van der Waals surface area contributed by atoms with Crippen molar-refractivity contribution in [2.75, 3.05) is 20.3 Å². The molecule has 0 aliphatic heterocycles. The van der Waals surface area contributed by atoms with Crippen LogP contribution in [0.3, 0.4) is 0 Å². The lowest BCUT2D eigenvalue weighted by atomic mass is 10.1. The van der Waals surface area contributed by atoms with E-state index in [-0.39, 0.29) is 19.4 Å². The van der Waals surface area contributed by atoms with E-state index in [9.17, 15) is 19.0 Å². The summed E-state index contributed by atoms with van der Waals surface area (Å²) in [6.45, 7) is 3.65. The van der Waals surface area contributed by atoms with E-state index in [1.165, 1.54) is 6.42 Å². The predicted octanol–water partition coefficient (Wildman–Crippen LogP) is 10.4. The molecule has 0 aromatic rings. The average Bonchev–Trinajstić information content (AvgIpc) is 3.04. The lowest BCUT2D eigenvalue weighted by molar-refractivity contribution is -0.161. The van der Waals surface area contributed by atoms with Crippen LogP contribution < -0.4 is 0 Å². The van der Waals surface area contributed by atoms with Gasteiger partial charge in [0.2, 0.25) is 0 Å². The normalized spacial score (nSPS) is 14.3. The Morgan fingerprint density at radius 2 is 1.11 bits per heavy atom. The fourth-order valence-corrected chi connectivity index (χ4v) is 4.76. The highest BCUT2D eigenvalue weighted by Crippen LogP contribution is 2.42. The zero-order chi connectivity index (χ0) is 34.0. The Morgan fingerprint density at radius 1 is 0.630 bits per heavy atom. The fourth-order valence-electron chi connectivity index (χ4n) is 4.30. The molecular formula is C37H63O8P. The Balaban J connectivity index is 4.17. The summed E-state index contributed by atoms with van der Waals surface area (Å²) in [5, 5.41) is 0. The van der Waals surface area contributed by atoms with E-state index >= 15 is 0 Å². The number of unbranched alkanes of at least 4 members (excludes halogenated alkanes) is 10. The topological polar surface area (TPSA) is 108 Å². The van der Waals surface area contributed by atoms with E-state index in [0.29, 0.717) is 6.42 Å². The Labute approximate surface area is 280 Å². The molecule has 9 heteroatoms. The van der Waals surface area contributed by atoms with Gasteiger partial charge >= 0.3 is 19.8 Å². The summed E-state index contributed by atoms with van der Waals surface area (Å²) in [6, 6.07) is 0.